The number of halogens is 1. The van der Waals surface area contributed by atoms with Crippen molar-refractivity contribution in [2.75, 3.05) is 7.05 Å². The minimum atomic E-state index is -0.460. The van der Waals surface area contributed by atoms with Gasteiger partial charge < -0.3 is 10.2 Å². The van der Waals surface area contributed by atoms with Crippen LogP contribution in [0.15, 0.2) is 41.8 Å². The van der Waals surface area contributed by atoms with Crippen LogP contribution in [0.4, 0.5) is 4.39 Å². The number of likely N-dealkylation sites (tertiary alicyclic amines) is 1. The molecule has 2 heterocycles. The van der Waals surface area contributed by atoms with Gasteiger partial charge in [0, 0.05) is 18.3 Å². The lowest BCUT2D eigenvalue weighted by atomic mass is 9.93. The molecule has 1 aliphatic rings. The van der Waals surface area contributed by atoms with Gasteiger partial charge in [-0.2, -0.15) is 0 Å². The molecular formula is C17H17FN2O2S. The molecule has 0 bridgehead atoms. The van der Waals surface area contributed by atoms with Crippen molar-refractivity contribution in [3.05, 3.63) is 58.0 Å². The van der Waals surface area contributed by atoms with Gasteiger partial charge in [-0.1, -0.05) is 18.2 Å². The van der Waals surface area contributed by atoms with Crippen LogP contribution in [0.5, 0.6) is 0 Å². The van der Waals surface area contributed by atoms with E-state index in [2.05, 4.69) is 5.32 Å². The number of nitrogens with zero attached hydrogens (tertiary/aromatic N) is 1. The number of carbonyl (C=O) groups excluding carboxylic acids is 2. The van der Waals surface area contributed by atoms with Gasteiger partial charge in [0.05, 0.1) is 18.5 Å². The van der Waals surface area contributed by atoms with Crippen LogP contribution in [-0.2, 0) is 16.1 Å². The van der Waals surface area contributed by atoms with Gasteiger partial charge in [0.2, 0.25) is 11.8 Å². The summed E-state index contributed by atoms with van der Waals surface area (Å²) in [6, 6.07) is 9.50. The Balaban J connectivity index is 1.76. The van der Waals surface area contributed by atoms with E-state index in [9.17, 15) is 14.0 Å². The number of benzene rings is 1. The molecule has 1 N–H and O–H groups in total. The third kappa shape index (κ3) is 3.27. The number of carbonyl (C=O) groups is 2. The highest BCUT2D eigenvalue weighted by Gasteiger charge is 2.42. The number of hydrogen-bond acceptors (Lipinski definition) is 3. The molecule has 2 aromatic rings. The van der Waals surface area contributed by atoms with E-state index in [-0.39, 0.29) is 30.1 Å². The molecule has 2 amide bonds. The third-order valence-electron chi connectivity index (χ3n) is 4.15. The fourth-order valence-corrected chi connectivity index (χ4v) is 3.58. The van der Waals surface area contributed by atoms with Crippen LogP contribution in [0, 0.1) is 11.7 Å². The molecule has 120 valence electrons. The Hall–Kier alpha value is -2.21. The van der Waals surface area contributed by atoms with Crippen molar-refractivity contribution >= 4 is 23.2 Å². The second-order valence-electron chi connectivity index (χ2n) is 5.61. The fourth-order valence-electron chi connectivity index (χ4n) is 2.94. The lowest BCUT2D eigenvalue weighted by Gasteiger charge is -2.24. The van der Waals surface area contributed by atoms with Gasteiger partial charge in [-0.25, -0.2) is 4.39 Å². The quantitative estimate of drug-likeness (QED) is 0.936. The molecule has 4 nitrogen and oxygen atoms in total. The molecule has 23 heavy (non-hydrogen) atoms. The molecule has 0 aliphatic carbocycles. The normalized spacial score (nSPS) is 20.8. The van der Waals surface area contributed by atoms with Crippen molar-refractivity contribution in [1.29, 1.82) is 0 Å². The second kappa shape index (κ2) is 6.50. The largest absolute Gasteiger partial charge is 0.351 e. The molecule has 0 radical (unpaired) electrons. The van der Waals surface area contributed by atoms with Crippen molar-refractivity contribution in [1.82, 2.24) is 10.2 Å². The minimum absolute atomic E-state index is 0.0735. The standard InChI is InChI=1S/C17H17FN2O2S/c1-20-15(21)9-14(16(20)11-4-6-12(18)7-5-11)17(22)19-10-13-3-2-8-23-13/h2-8,14,16H,9-10H2,1H3,(H,19,22). The highest BCUT2D eigenvalue weighted by molar-refractivity contribution is 7.09. The Morgan fingerprint density at radius 1 is 1.35 bits per heavy atom. The Bertz CT molecular complexity index is 700. The van der Waals surface area contributed by atoms with Crippen molar-refractivity contribution < 1.29 is 14.0 Å². The van der Waals surface area contributed by atoms with Crippen LogP contribution in [0.25, 0.3) is 0 Å². The third-order valence-corrected chi connectivity index (χ3v) is 5.03. The molecule has 2 atom stereocenters. The smallest absolute Gasteiger partial charge is 0.226 e. The molecule has 2 unspecified atom stereocenters. The van der Waals surface area contributed by atoms with Gasteiger partial charge >= 0.3 is 0 Å². The highest BCUT2D eigenvalue weighted by Crippen LogP contribution is 2.37. The Morgan fingerprint density at radius 3 is 2.74 bits per heavy atom. The van der Waals surface area contributed by atoms with Crippen molar-refractivity contribution in [2.45, 2.75) is 19.0 Å². The molecule has 0 spiro atoms. The summed E-state index contributed by atoms with van der Waals surface area (Å²) >= 11 is 1.57. The van der Waals surface area contributed by atoms with E-state index in [0.717, 1.165) is 10.4 Å². The van der Waals surface area contributed by atoms with Crippen molar-refractivity contribution in [2.24, 2.45) is 5.92 Å². The summed E-state index contributed by atoms with van der Waals surface area (Å²) in [5.41, 5.74) is 0.774. The molecule has 3 rings (SSSR count). The number of hydrogen-bond donors (Lipinski definition) is 1. The van der Waals surface area contributed by atoms with E-state index in [1.54, 1.807) is 35.4 Å². The maximum absolute atomic E-state index is 13.1. The van der Waals surface area contributed by atoms with Gasteiger partial charge in [-0.3, -0.25) is 9.59 Å². The first kappa shape index (κ1) is 15.7. The number of rotatable bonds is 4. The van der Waals surface area contributed by atoms with Gasteiger partial charge in [-0.05, 0) is 29.1 Å². The van der Waals surface area contributed by atoms with Gasteiger partial charge in [0.15, 0.2) is 0 Å². The summed E-state index contributed by atoms with van der Waals surface area (Å²) in [6.45, 7) is 0.459. The van der Waals surface area contributed by atoms with E-state index in [1.807, 2.05) is 17.5 Å². The zero-order valence-electron chi connectivity index (χ0n) is 12.7. The predicted octanol–water partition coefficient (Wildman–Crippen LogP) is 2.72. The van der Waals surface area contributed by atoms with Crippen LogP contribution in [-0.4, -0.2) is 23.8 Å². The van der Waals surface area contributed by atoms with Gasteiger partial charge in [0.25, 0.3) is 0 Å². The van der Waals surface area contributed by atoms with Crippen molar-refractivity contribution in [3.63, 3.8) is 0 Å². The molecule has 0 saturated carbocycles. The average Bonchev–Trinajstić information content (AvgIpc) is 3.15. The molecular weight excluding hydrogens is 315 g/mol. The van der Waals surface area contributed by atoms with Crippen LogP contribution in [0.1, 0.15) is 22.9 Å². The number of nitrogens with one attached hydrogen (secondary N) is 1. The first-order chi connectivity index (χ1) is 11.1. The molecule has 1 aliphatic heterocycles. The van der Waals surface area contributed by atoms with Crippen LogP contribution >= 0.6 is 11.3 Å². The van der Waals surface area contributed by atoms with E-state index in [1.165, 1.54) is 12.1 Å². The van der Waals surface area contributed by atoms with Crippen molar-refractivity contribution in [3.8, 4) is 0 Å². The summed E-state index contributed by atoms with van der Waals surface area (Å²) in [5, 5.41) is 4.85. The molecule has 6 heteroatoms. The second-order valence-corrected chi connectivity index (χ2v) is 6.64. The van der Waals surface area contributed by atoms with Gasteiger partial charge in [-0.15, -0.1) is 11.3 Å². The maximum Gasteiger partial charge on any atom is 0.226 e. The topological polar surface area (TPSA) is 49.4 Å². The summed E-state index contributed by atoms with van der Waals surface area (Å²) < 4.78 is 13.1. The zero-order chi connectivity index (χ0) is 16.4. The summed E-state index contributed by atoms with van der Waals surface area (Å²) in [6.07, 6.45) is 0.175. The lowest BCUT2D eigenvalue weighted by molar-refractivity contribution is -0.128. The first-order valence-electron chi connectivity index (χ1n) is 7.37. The average molecular weight is 332 g/mol. The fraction of sp³-hybridized carbons (Fsp3) is 0.294. The van der Waals surface area contributed by atoms with E-state index in [4.69, 9.17) is 0 Å². The Kier molecular flexibility index (Phi) is 4.43. The number of thiophene rings is 1. The van der Waals surface area contributed by atoms with E-state index >= 15 is 0 Å². The highest BCUT2D eigenvalue weighted by atomic mass is 32.1. The van der Waals surface area contributed by atoms with E-state index < -0.39 is 5.92 Å². The number of amides is 2. The van der Waals surface area contributed by atoms with Crippen LogP contribution in [0.3, 0.4) is 0 Å². The van der Waals surface area contributed by atoms with E-state index in [0.29, 0.717) is 6.54 Å². The minimum Gasteiger partial charge on any atom is -0.351 e. The molecule has 1 aromatic carbocycles. The lowest BCUT2D eigenvalue weighted by Crippen LogP contribution is -2.34. The summed E-state index contributed by atoms with van der Waals surface area (Å²) in [7, 11) is 1.68. The molecule has 1 aromatic heterocycles. The van der Waals surface area contributed by atoms with Gasteiger partial charge in [0.1, 0.15) is 5.82 Å². The zero-order valence-corrected chi connectivity index (χ0v) is 13.5. The SMILES string of the molecule is CN1C(=O)CC(C(=O)NCc2cccs2)C1c1ccc(F)cc1. The van der Waals surface area contributed by atoms with Crippen LogP contribution in [0.2, 0.25) is 0 Å². The summed E-state index contributed by atoms with van der Waals surface area (Å²) in [4.78, 5) is 27.2. The Morgan fingerprint density at radius 2 is 2.09 bits per heavy atom. The first-order valence-corrected chi connectivity index (χ1v) is 8.25. The summed E-state index contributed by atoms with van der Waals surface area (Å²) in [5.74, 6) is -1.02. The van der Waals surface area contributed by atoms with Crippen LogP contribution < -0.4 is 5.32 Å². The monoisotopic (exact) mass is 332 g/mol. The Labute approximate surface area is 137 Å². The maximum atomic E-state index is 13.1. The molecule has 1 fully saturated rings. The predicted molar refractivity (Wildman–Crippen MR) is 86.2 cm³/mol. The molecule has 1 saturated heterocycles.